The molecule has 0 N–H and O–H groups in total. The molecule has 0 aromatic heterocycles. The van der Waals surface area contributed by atoms with E-state index in [0.29, 0.717) is 19.4 Å². The third-order valence-electron chi connectivity index (χ3n) is 2.43. The van der Waals surface area contributed by atoms with Crippen molar-refractivity contribution >= 4 is 28.5 Å². The molecular weight excluding hydrogens is 337 g/mol. The van der Waals surface area contributed by atoms with E-state index in [2.05, 4.69) is 41.5 Å². The van der Waals surface area contributed by atoms with Crippen molar-refractivity contribution in [2.24, 2.45) is 0 Å². The van der Waals surface area contributed by atoms with Crippen molar-refractivity contribution in [1.29, 1.82) is 0 Å². The van der Waals surface area contributed by atoms with Crippen LogP contribution in [0.2, 0.25) is 0 Å². The summed E-state index contributed by atoms with van der Waals surface area (Å²) in [5.74, 6) is 0.0608. The molecule has 0 atom stereocenters. The number of allylic oxidation sites excluding steroid dienone is 1. The summed E-state index contributed by atoms with van der Waals surface area (Å²) >= 11 is 2.27. The zero-order valence-electron chi connectivity index (χ0n) is 10.2. The van der Waals surface area contributed by atoms with Crippen LogP contribution in [0.1, 0.15) is 18.4 Å². The Morgan fingerprint density at radius 3 is 2.78 bits per heavy atom. The van der Waals surface area contributed by atoms with Gasteiger partial charge in [-0.2, -0.15) is 0 Å². The SMILES string of the molecule is C=C=CN(Cc1ccccc1I)C(=O)CCC=C. The van der Waals surface area contributed by atoms with E-state index in [1.54, 1.807) is 17.2 Å². The molecular formula is C15H16INO. The van der Waals surface area contributed by atoms with Crippen molar-refractivity contribution in [2.45, 2.75) is 19.4 Å². The lowest BCUT2D eigenvalue weighted by Gasteiger charge is -2.18. The van der Waals surface area contributed by atoms with Gasteiger partial charge in [0.05, 0.1) is 6.54 Å². The molecule has 0 heterocycles. The molecule has 0 aliphatic heterocycles. The normalized spacial score (nSPS) is 9.39. The van der Waals surface area contributed by atoms with Crippen molar-refractivity contribution < 1.29 is 4.79 Å². The van der Waals surface area contributed by atoms with E-state index >= 15 is 0 Å². The summed E-state index contributed by atoms with van der Waals surface area (Å²) in [4.78, 5) is 13.6. The molecule has 1 amide bonds. The predicted octanol–water partition coefficient (Wildman–Crippen LogP) is 3.88. The second-order valence-corrected chi connectivity index (χ2v) is 4.94. The molecule has 0 bridgehead atoms. The molecule has 94 valence electrons. The highest BCUT2D eigenvalue weighted by Crippen LogP contribution is 2.15. The van der Waals surface area contributed by atoms with Gasteiger partial charge in [0.15, 0.2) is 0 Å². The summed E-state index contributed by atoms with van der Waals surface area (Å²) in [6.45, 7) is 7.71. The monoisotopic (exact) mass is 353 g/mol. The Balaban J connectivity index is 2.80. The van der Waals surface area contributed by atoms with E-state index in [0.717, 1.165) is 9.13 Å². The summed E-state index contributed by atoms with van der Waals surface area (Å²) in [6, 6.07) is 8.01. The van der Waals surface area contributed by atoms with Gasteiger partial charge in [0.25, 0.3) is 0 Å². The summed E-state index contributed by atoms with van der Waals surface area (Å²) in [5, 5.41) is 0. The first kappa shape index (κ1) is 14.7. The first-order valence-electron chi connectivity index (χ1n) is 5.68. The number of carbonyl (C=O) groups excluding carboxylic acids is 1. The number of amides is 1. The molecule has 2 nitrogen and oxygen atoms in total. The largest absolute Gasteiger partial charge is 0.308 e. The Bertz CT molecular complexity index is 475. The minimum Gasteiger partial charge on any atom is -0.308 e. The molecule has 1 aromatic rings. The van der Waals surface area contributed by atoms with Crippen molar-refractivity contribution in [3.63, 3.8) is 0 Å². The highest BCUT2D eigenvalue weighted by Gasteiger charge is 2.11. The summed E-state index contributed by atoms with van der Waals surface area (Å²) in [7, 11) is 0. The van der Waals surface area contributed by atoms with Crippen LogP contribution in [0, 0.1) is 3.57 Å². The van der Waals surface area contributed by atoms with Crippen LogP contribution in [-0.4, -0.2) is 10.8 Å². The fourth-order valence-corrected chi connectivity index (χ4v) is 2.05. The summed E-state index contributed by atoms with van der Waals surface area (Å²) in [6.07, 6.45) is 4.51. The van der Waals surface area contributed by atoms with Gasteiger partial charge in [0.1, 0.15) is 0 Å². The fourth-order valence-electron chi connectivity index (χ4n) is 1.50. The highest BCUT2D eigenvalue weighted by molar-refractivity contribution is 14.1. The molecule has 3 heteroatoms. The molecule has 0 fully saturated rings. The van der Waals surface area contributed by atoms with Gasteiger partial charge < -0.3 is 4.90 Å². The molecule has 0 spiro atoms. The molecule has 0 saturated carbocycles. The van der Waals surface area contributed by atoms with E-state index in [1.165, 1.54) is 0 Å². The zero-order chi connectivity index (χ0) is 13.4. The Labute approximate surface area is 122 Å². The van der Waals surface area contributed by atoms with Gasteiger partial charge in [0, 0.05) is 16.2 Å². The molecule has 0 unspecified atom stereocenters. The lowest BCUT2D eigenvalue weighted by atomic mass is 10.2. The van der Waals surface area contributed by atoms with Gasteiger partial charge in [-0.15, -0.1) is 12.3 Å². The lowest BCUT2D eigenvalue weighted by molar-refractivity contribution is -0.129. The lowest BCUT2D eigenvalue weighted by Crippen LogP contribution is -2.25. The average molecular weight is 353 g/mol. The van der Waals surface area contributed by atoms with Gasteiger partial charge in [-0.25, -0.2) is 0 Å². The van der Waals surface area contributed by atoms with Gasteiger partial charge in [-0.1, -0.05) is 30.9 Å². The van der Waals surface area contributed by atoms with E-state index in [1.807, 2.05) is 24.3 Å². The van der Waals surface area contributed by atoms with Crippen molar-refractivity contribution in [3.05, 3.63) is 64.6 Å². The molecule has 0 aliphatic rings. The summed E-state index contributed by atoms with van der Waals surface area (Å²) < 4.78 is 1.15. The van der Waals surface area contributed by atoms with Crippen molar-refractivity contribution in [2.75, 3.05) is 0 Å². The first-order chi connectivity index (χ1) is 8.69. The minimum absolute atomic E-state index is 0.0608. The maximum absolute atomic E-state index is 12.0. The minimum atomic E-state index is 0.0608. The Kier molecular flexibility index (Phi) is 6.47. The van der Waals surface area contributed by atoms with Gasteiger partial charge in [-0.05, 0) is 40.6 Å². The van der Waals surface area contributed by atoms with Gasteiger partial charge >= 0.3 is 0 Å². The number of hydrogen-bond acceptors (Lipinski definition) is 1. The van der Waals surface area contributed by atoms with Crippen molar-refractivity contribution in [1.82, 2.24) is 4.90 Å². The smallest absolute Gasteiger partial charge is 0.227 e. The molecule has 1 aromatic carbocycles. The molecule has 0 radical (unpaired) electrons. The molecule has 18 heavy (non-hydrogen) atoms. The van der Waals surface area contributed by atoms with Crippen LogP contribution in [0.15, 0.2) is 55.4 Å². The first-order valence-corrected chi connectivity index (χ1v) is 6.76. The van der Waals surface area contributed by atoms with Crippen molar-refractivity contribution in [3.8, 4) is 0 Å². The van der Waals surface area contributed by atoms with Crippen LogP contribution in [-0.2, 0) is 11.3 Å². The number of benzene rings is 1. The van der Waals surface area contributed by atoms with Crippen LogP contribution in [0.5, 0.6) is 0 Å². The quantitative estimate of drug-likeness (QED) is 0.432. The second-order valence-electron chi connectivity index (χ2n) is 3.77. The van der Waals surface area contributed by atoms with E-state index < -0.39 is 0 Å². The maximum Gasteiger partial charge on any atom is 0.227 e. The number of hydrogen-bond donors (Lipinski definition) is 0. The van der Waals surface area contributed by atoms with Crippen LogP contribution in [0.3, 0.4) is 0 Å². The highest BCUT2D eigenvalue weighted by atomic mass is 127. The van der Waals surface area contributed by atoms with E-state index in [-0.39, 0.29) is 5.91 Å². The summed E-state index contributed by atoms with van der Waals surface area (Å²) in [5.41, 5.74) is 3.79. The van der Waals surface area contributed by atoms with Gasteiger partial charge in [-0.3, -0.25) is 4.79 Å². The molecule has 1 rings (SSSR count). The van der Waals surface area contributed by atoms with E-state index in [4.69, 9.17) is 0 Å². The Morgan fingerprint density at radius 2 is 2.17 bits per heavy atom. The predicted molar refractivity (Wildman–Crippen MR) is 82.9 cm³/mol. The fraction of sp³-hybridized carbons (Fsp3) is 0.200. The third-order valence-corrected chi connectivity index (χ3v) is 3.48. The number of nitrogens with zero attached hydrogens (tertiary/aromatic N) is 1. The maximum atomic E-state index is 12.0. The molecule has 0 saturated heterocycles. The second kappa shape index (κ2) is 7.90. The zero-order valence-corrected chi connectivity index (χ0v) is 12.4. The number of halogens is 1. The molecule has 0 aliphatic carbocycles. The van der Waals surface area contributed by atoms with Gasteiger partial charge in [0.2, 0.25) is 5.91 Å². The average Bonchev–Trinajstić information content (AvgIpc) is 2.38. The van der Waals surface area contributed by atoms with E-state index in [9.17, 15) is 4.79 Å². The number of rotatable bonds is 6. The Morgan fingerprint density at radius 1 is 1.44 bits per heavy atom. The Hall–Kier alpha value is -1.32. The topological polar surface area (TPSA) is 20.3 Å². The number of carbonyl (C=O) groups is 1. The van der Waals surface area contributed by atoms with Crippen LogP contribution in [0.25, 0.3) is 0 Å². The van der Waals surface area contributed by atoms with Crippen LogP contribution in [0.4, 0.5) is 0 Å². The standard InChI is InChI=1S/C15H16INO/c1-3-5-10-15(18)17(11-4-2)12-13-8-6-7-9-14(13)16/h3,6-9,11H,1-2,5,10,12H2. The third kappa shape index (κ3) is 4.51. The van der Waals surface area contributed by atoms with Crippen LogP contribution >= 0.6 is 22.6 Å². The van der Waals surface area contributed by atoms with Crippen LogP contribution < -0.4 is 0 Å².